The first kappa shape index (κ1) is 49.2. The van der Waals surface area contributed by atoms with Gasteiger partial charge < -0.3 is 10.6 Å². The molecule has 0 fully saturated rings. The van der Waals surface area contributed by atoms with Gasteiger partial charge in [-0.3, -0.25) is 9.59 Å². The topological polar surface area (TPSA) is 58.2 Å². The fraction of sp³-hybridized carbons (Fsp3) is 0.296. The van der Waals surface area contributed by atoms with E-state index in [2.05, 4.69) is 118 Å². The van der Waals surface area contributed by atoms with Gasteiger partial charge in [-0.1, -0.05) is 192 Å². The number of para-hydroxylation sites is 2. The summed E-state index contributed by atoms with van der Waals surface area (Å²) in [5, 5.41) is 7.05. The zero-order valence-electron chi connectivity index (χ0n) is 37.9. The van der Waals surface area contributed by atoms with Crippen molar-refractivity contribution < 1.29 is 26.6 Å². The number of benzene rings is 4. The monoisotopic (exact) mass is 888 g/mol. The third-order valence-electron chi connectivity index (χ3n) is 10.3. The van der Waals surface area contributed by atoms with E-state index in [1.807, 2.05) is 121 Å². The van der Waals surface area contributed by atoms with Crippen LogP contribution < -0.4 is 10.6 Å². The van der Waals surface area contributed by atoms with Crippen LogP contribution >= 0.6 is 18.6 Å². The Balaban J connectivity index is 0.000000252. The van der Waals surface area contributed by atoms with E-state index in [4.69, 9.17) is 18.6 Å². The number of allylic oxidation sites excluding steroid dienone is 10. The van der Waals surface area contributed by atoms with Gasteiger partial charge >= 0.3 is 35.6 Å². The number of Topliss-reactive ketones (excluding diaryl/α,β-unsaturated/α-hetero) is 2. The van der Waals surface area contributed by atoms with Crippen LogP contribution in [0.5, 0.6) is 0 Å². The minimum absolute atomic E-state index is 0.0585. The molecule has 0 saturated heterocycles. The van der Waals surface area contributed by atoms with Crippen molar-refractivity contribution in [3.8, 4) is 0 Å². The molecule has 4 nitrogen and oxygen atoms in total. The molecule has 0 spiro atoms. The van der Waals surface area contributed by atoms with E-state index >= 15 is 0 Å². The first-order chi connectivity index (χ1) is 28.6. The standard InChI is InChI=1S/2C27H31NO.2ClH.Ti/c2*1-26(2,3)20-17-22(25(29)23(18-20)27(4,5)6)24(19-13-9-7-10-14-19)28-21-15-11-8-12-16-21;;;/h2*7-18,28H,1-6H3;2*1H;/q;;;;+2/p-2/b2*24-22-;;;. The van der Waals surface area contributed by atoms with Crippen LogP contribution in [0.4, 0.5) is 11.4 Å². The van der Waals surface area contributed by atoms with Crippen LogP contribution in [-0.4, -0.2) is 11.6 Å². The summed E-state index contributed by atoms with van der Waals surface area (Å²) >= 11 is -0.556. The second-order valence-corrected chi connectivity index (χ2v) is 21.9. The van der Waals surface area contributed by atoms with Crippen LogP contribution in [0, 0.1) is 21.7 Å². The van der Waals surface area contributed by atoms with Crippen LogP contribution in [0.15, 0.2) is 179 Å². The summed E-state index contributed by atoms with van der Waals surface area (Å²) in [6.07, 6.45) is 8.32. The van der Waals surface area contributed by atoms with Crippen molar-refractivity contribution >= 4 is 52.9 Å². The fourth-order valence-corrected chi connectivity index (χ4v) is 6.74. The Morgan fingerprint density at radius 2 is 0.672 bits per heavy atom. The zero-order chi connectivity index (χ0) is 45.2. The van der Waals surface area contributed by atoms with Gasteiger partial charge in [-0.15, -0.1) is 0 Å². The van der Waals surface area contributed by atoms with E-state index in [9.17, 15) is 9.59 Å². The average molecular weight is 890 g/mol. The molecule has 318 valence electrons. The molecule has 0 unspecified atom stereocenters. The number of hydrogen-bond donors (Lipinski definition) is 2. The van der Waals surface area contributed by atoms with Gasteiger partial charge in [-0.25, -0.2) is 0 Å². The summed E-state index contributed by atoms with van der Waals surface area (Å²) in [5.41, 5.74) is 10.5. The van der Waals surface area contributed by atoms with Crippen molar-refractivity contribution in [3.05, 3.63) is 190 Å². The second-order valence-electron chi connectivity index (χ2n) is 19.3. The van der Waals surface area contributed by atoms with Gasteiger partial charge in [0.1, 0.15) is 0 Å². The SMILES string of the molecule is CC(C)(C)C1=C/C(=C(/Nc2ccccc2)c2ccccc2)C(=O)C(C(C)(C)C)=C1.CC(C)(C)C1=C/C(=C(/Nc2ccccc2)c2ccccc2)C(=O)C(C(C)(C)C)=C1.[Cl][Ti][Cl]. The van der Waals surface area contributed by atoms with E-state index in [1.54, 1.807) is 0 Å². The Labute approximate surface area is 382 Å². The fourth-order valence-electron chi connectivity index (χ4n) is 6.74. The molecule has 6 rings (SSSR count). The van der Waals surface area contributed by atoms with Crippen molar-refractivity contribution in [2.45, 2.75) is 83.1 Å². The van der Waals surface area contributed by atoms with Gasteiger partial charge in [0.25, 0.3) is 0 Å². The molecular formula is C54H62Cl2N2O2Ti. The summed E-state index contributed by atoms with van der Waals surface area (Å²) in [6, 6.07) is 40.2. The summed E-state index contributed by atoms with van der Waals surface area (Å²) in [5.74, 6) is 0.181. The van der Waals surface area contributed by atoms with Crippen molar-refractivity contribution in [2.75, 3.05) is 10.6 Å². The Morgan fingerprint density at radius 1 is 0.410 bits per heavy atom. The number of hydrogen-bond acceptors (Lipinski definition) is 4. The van der Waals surface area contributed by atoms with Gasteiger partial charge in [0.15, 0.2) is 11.6 Å². The van der Waals surface area contributed by atoms with Crippen LogP contribution in [0.3, 0.4) is 0 Å². The number of anilines is 2. The zero-order valence-corrected chi connectivity index (χ0v) is 41.0. The first-order valence-electron chi connectivity index (χ1n) is 20.7. The first-order valence-corrected chi connectivity index (χ1v) is 25.0. The van der Waals surface area contributed by atoms with Crippen molar-refractivity contribution in [1.82, 2.24) is 0 Å². The molecule has 0 saturated carbocycles. The van der Waals surface area contributed by atoms with Gasteiger partial charge in [0.2, 0.25) is 0 Å². The molecule has 0 bridgehead atoms. The average Bonchev–Trinajstić information content (AvgIpc) is 3.20. The van der Waals surface area contributed by atoms with E-state index in [1.165, 1.54) is 11.1 Å². The third kappa shape index (κ3) is 13.8. The van der Waals surface area contributed by atoms with Gasteiger partial charge in [0, 0.05) is 33.7 Å². The van der Waals surface area contributed by atoms with Crippen LogP contribution in [0.1, 0.15) is 94.2 Å². The normalized spacial score (nSPS) is 16.2. The number of rotatable bonds is 6. The van der Waals surface area contributed by atoms with E-state index in [-0.39, 0.29) is 33.2 Å². The van der Waals surface area contributed by atoms with E-state index in [0.29, 0.717) is 0 Å². The Bertz CT molecular complexity index is 2160. The van der Waals surface area contributed by atoms with Crippen molar-refractivity contribution in [2.24, 2.45) is 21.7 Å². The molecule has 2 aliphatic carbocycles. The van der Waals surface area contributed by atoms with Crippen LogP contribution in [-0.2, 0) is 26.6 Å². The Kier molecular flexibility index (Phi) is 17.0. The molecule has 0 atom stereocenters. The molecule has 4 aromatic rings. The molecule has 4 aromatic carbocycles. The quantitative estimate of drug-likeness (QED) is 0.150. The number of nitrogens with one attached hydrogen (secondary N) is 2. The number of halogens is 2. The number of carbonyl (C=O) groups excluding carboxylic acids is 2. The maximum atomic E-state index is 13.6. The predicted octanol–water partition coefficient (Wildman–Crippen LogP) is 15.5. The minimum atomic E-state index is -0.556. The molecule has 0 radical (unpaired) electrons. The predicted molar refractivity (Wildman–Crippen MR) is 259 cm³/mol. The molecule has 7 heteroatoms. The van der Waals surface area contributed by atoms with E-state index in [0.717, 1.165) is 56.2 Å². The van der Waals surface area contributed by atoms with Crippen molar-refractivity contribution in [3.63, 3.8) is 0 Å². The maximum absolute atomic E-state index is 13.6. The molecule has 0 aliphatic heterocycles. The molecule has 0 amide bonds. The molecule has 0 heterocycles. The summed E-state index contributed by atoms with van der Waals surface area (Å²) in [7, 11) is 9.78. The summed E-state index contributed by atoms with van der Waals surface area (Å²) in [4.78, 5) is 27.3. The number of carbonyl (C=O) groups is 2. The van der Waals surface area contributed by atoms with E-state index < -0.39 is 17.0 Å². The molecule has 2 aliphatic rings. The molecule has 2 N–H and O–H groups in total. The van der Waals surface area contributed by atoms with Crippen LogP contribution in [0.25, 0.3) is 11.4 Å². The van der Waals surface area contributed by atoms with Gasteiger partial charge in [-0.2, -0.15) is 0 Å². The molecular weight excluding hydrogens is 827 g/mol. The summed E-state index contributed by atoms with van der Waals surface area (Å²) < 4.78 is 0. The summed E-state index contributed by atoms with van der Waals surface area (Å²) in [6.45, 7) is 25.8. The Morgan fingerprint density at radius 3 is 0.918 bits per heavy atom. The van der Waals surface area contributed by atoms with Gasteiger partial charge in [-0.05, 0) is 80.4 Å². The molecule has 0 aromatic heterocycles. The molecule has 61 heavy (non-hydrogen) atoms. The van der Waals surface area contributed by atoms with Crippen LogP contribution in [0.2, 0.25) is 0 Å². The Hall–Kier alpha value is -4.45. The van der Waals surface area contributed by atoms with Crippen molar-refractivity contribution in [1.29, 1.82) is 0 Å². The number of ketones is 2. The second kappa shape index (κ2) is 21.1. The van der Waals surface area contributed by atoms with Gasteiger partial charge in [0.05, 0.1) is 11.4 Å². The third-order valence-corrected chi connectivity index (χ3v) is 10.3.